The Labute approximate surface area is 176 Å². The lowest BCUT2D eigenvalue weighted by Crippen LogP contribution is -2.22. The summed E-state index contributed by atoms with van der Waals surface area (Å²) in [7, 11) is 2.60. The molecule has 0 saturated heterocycles. The van der Waals surface area contributed by atoms with Gasteiger partial charge in [0.2, 0.25) is 0 Å². The van der Waals surface area contributed by atoms with Gasteiger partial charge in [-0.15, -0.1) is 0 Å². The summed E-state index contributed by atoms with van der Waals surface area (Å²) in [4.78, 5) is 20.5. The van der Waals surface area contributed by atoms with Crippen LogP contribution in [-0.2, 0) is 26.9 Å². The largest absolute Gasteiger partial charge is 0.465 e. The molecule has 0 aliphatic rings. The van der Waals surface area contributed by atoms with Crippen LogP contribution in [0.1, 0.15) is 23.6 Å². The van der Waals surface area contributed by atoms with Gasteiger partial charge in [-0.25, -0.2) is 19.2 Å². The molecular formula is C21H21F4N3O3. The van der Waals surface area contributed by atoms with Gasteiger partial charge in [-0.3, -0.25) is 0 Å². The number of carbonyl (C=O) groups excluding carboxylic acids is 1. The number of aromatic nitrogens is 1. The number of carbonyl (C=O) groups is 1. The summed E-state index contributed by atoms with van der Waals surface area (Å²) in [6.45, 7) is 1.44. The van der Waals surface area contributed by atoms with E-state index >= 15 is 0 Å². The van der Waals surface area contributed by atoms with E-state index in [2.05, 4.69) is 9.98 Å². The van der Waals surface area contributed by atoms with Gasteiger partial charge in [-0.05, 0) is 54.8 Å². The quantitative estimate of drug-likeness (QED) is 0.306. The molecule has 0 aliphatic heterocycles. The smallest absolute Gasteiger partial charge is 0.416 e. The Morgan fingerprint density at radius 3 is 2.45 bits per heavy atom. The van der Waals surface area contributed by atoms with Crippen LogP contribution in [0.25, 0.3) is 0 Å². The van der Waals surface area contributed by atoms with Gasteiger partial charge < -0.3 is 15.2 Å². The first-order valence-corrected chi connectivity index (χ1v) is 8.98. The predicted octanol–water partition coefficient (Wildman–Crippen LogP) is 3.95. The second-order valence-electron chi connectivity index (χ2n) is 6.59. The van der Waals surface area contributed by atoms with E-state index in [0.717, 1.165) is 12.1 Å². The number of esters is 1. The number of hydrogen-bond donors (Lipinski definition) is 1. The number of hydrogen-bond acceptors (Lipinski definition) is 6. The molecule has 10 heteroatoms. The Balaban J connectivity index is 2.42. The van der Waals surface area contributed by atoms with Crippen LogP contribution >= 0.6 is 0 Å². The van der Waals surface area contributed by atoms with E-state index in [1.807, 2.05) is 0 Å². The van der Waals surface area contributed by atoms with Gasteiger partial charge in [0.15, 0.2) is 5.82 Å². The summed E-state index contributed by atoms with van der Waals surface area (Å²) >= 11 is 0. The SMILES string of the molecule is COCC(=Nc1cc(Cc2cc(F)cc(C(F)(F)F)c2)ccn1)/C(C(=O)OC)=C(/C)N. The molecule has 0 fully saturated rings. The second-order valence-corrected chi connectivity index (χ2v) is 6.59. The molecule has 6 nitrogen and oxygen atoms in total. The first-order chi connectivity index (χ1) is 14.5. The zero-order chi connectivity index (χ0) is 23.2. The van der Waals surface area contributed by atoms with Crippen LogP contribution in [-0.4, -0.2) is 37.5 Å². The number of rotatable bonds is 7. The van der Waals surface area contributed by atoms with E-state index in [-0.39, 0.29) is 41.4 Å². The fourth-order valence-electron chi connectivity index (χ4n) is 2.83. The average Bonchev–Trinajstić information content (AvgIpc) is 2.67. The van der Waals surface area contributed by atoms with E-state index in [1.165, 1.54) is 33.4 Å². The number of pyridine rings is 1. The third-order valence-corrected chi connectivity index (χ3v) is 4.11. The van der Waals surface area contributed by atoms with Gasteiger partial charge in [0, 0.05) is 19.0 Å². The fraction of sp³-hybridized carbons (Fsp3) is 0.286. The molecule has 0 atom stereocenters. The molecule has 1 aromatic carbocycles. The lowest BCUT2D eigenvalue weighted by atomic mass is 10.0. The molecule has 2 N–H and O–H groups in total. The van der Waals surface area contributed by atoms with Crippen molar-refractivity contribution in [3.63, 3.8) is 0 Å². The van der Waals surface area contributed by atoms with Gasteiger partial charge in [-0.1, -0.05) is 0 Å². The highest BCUT2D eigenvalue weighted by Gasteiger charge is 2.31. The topological polar surface area (TPSA) is 86.8 Å². The Hall–Kier alpha value is -3.27. The van der Waals surface area contributed by atoms with E-state index in [0.29, 0.717) is 11.6 Å². The second kappa shape index (κ2) is 10.2. The number of ether oxygens (including phenoxy) is 2. The molecule has 0 saturated carbocycles. The normalized spacial score (nSPS) is 13.1. The van der Waals surface area contributed by atoms with Crippen LogP contribution in [0.15, 0.2) is 52.8 Å². The van der Waals surface area contributed by atoms with Crippen molar-refractivity contribution >= 4 is 17.5 Å². The van der Waals surface area contributed by atoms with E-state index < -0.39 is 23.5 Å². The van der Waals surface area contributed by atoms with E-state index in [1.54, 1.807) is 6.07 Å². The number of allylic oxidation sites excluding steroid dienone is 1. The Kier molecular flexibility index (Phi) is 7.87. The Morgan fingerprint density at radius 2 is 1.87 bits per heavy atom. The maximum Gasteiger partial charge on any atom is 0.416 e. The van der Waals surface area contributed by atoms with Crippen molar-refractivity contribution in [2.75, 3.05) is 20.8 Å². The molecule has 0 amide bonds. The number of methoxy groups -OCH3 is 2. The zero-order valence-electron chi connectivity index (χ0n) is 17.1. The number of nitrogens with two attached hydrogens (primary N) is 1. The molecule has 1 aromatic heterocycles. The highest BCUT2D eigenvalue weighted by molar-refractivity contribution is 6.21. The number of halogens is 4. The van der Waals surface area contributed by atoms with Gasteiger partial charge in [0.05, 0.1) is 25.0 Å². The van der Waals surface area contributed by atoms with E-state index in [4.69, 9.17) is 15.2 Å². The molecule has 0 unspecified atom stereocenters. The maximum atomic E-state index is 13.7. The first kappa shape index (κ1) is 24.0. The third-order valence-electron chi connectivity index (χ3n) is 4.11. The molecule has 2 rings (SSSR count). The van der Waals surface area contributed by atoms with Crippen molar-refractivity contribution in [1.29, 1.82) is 0 Å². The van der Waals surface area contributed by atoms with Crippen LogP contribution in [0.2, 0.25) is 0 Å². The van der Waals surface area contributed by atoms with Gasteiger partial charge in [0.25, 0.3) is 0 Å². The van der Waals surface area contributed by atoms with Gasteiger partial charge in [-0.2, -0.15) is 13.2 Å². The monoisotopic (exact) mass is 439 g/mol. The highest BCUT2D eigenvalue weighted by atomic mass is 19.4. The maximum absolute atomic E-state index is 13.7. The predicted molar refractivity (Wildman–Crippen MR) is 106 cm³/mol. The number of benzene rings is 1. The lowest BCUT2D eigenvalue weighted by molar-refractivity contribution is -0.138. The first-order valence-electron chi connectivity index (χ1n) is 8.98. The van der Waals surface area contributed by atoms with Crippen LogP contribution in [0, 0.1) is 5.82 Å². The Morgan fingerprint density at radius 1 is 1.16 bits per heavy atom. The van der Waals surface area contributed by atoms with Crippen molar-refractivity contribution in [3.8, 4) is 0 Å². The van der Waals surface area contributed by atoms with Gasteiger partial charge in [0.1, 0.15) is 11.4 Å². The fourth-order valence-corrected chi connectivity index (χ4v) is 2.83. The standard InChI is InChI=1S/C21H21F4N3O3/c1-12(26)19(20(29)31-3)17(11-30-2)28-18-9-13(4-5-27-18)6-14-7-15(21(23,24)25)10-16(22)8-14/h4-5,7-10H,6,11,26H2,1-3H3/b19-12+,28-17?. The number of nitrogens with zero attached hydrogens (tertiary/aromatic N) is 2. The average molecular weight is 439 g/mol. The highest BCUT2D eigenvalue weighted by Crippen LogP contribution is 2.31. The van der Waals surface area contributed by atoms with Crippen LogP contribution in [0.5, 0.6) is 0 Å². The van der Waals surface area contributed by atoms with Crippen molar-refractivity contribution in [1.82, 2.24) is 4.98 Å². The minimum Gasteiger partial charge on any atom is -0.465 e. The molecule has 0 spiro atoms. The van der Waals surface area contributed by atoms with Crippen LogP contribution in [0.3, 0.4) is 0 Å². The molecule has 31 heavy (non-hydrogen) atoms. The number of aliphatic imine (C=N–C) groups is 1. The summed E-state index contributed by atoms with van der Waals surface area (Å²) in [6.07, 6.45) is -3.24. The summed E-state index contributed by atoms with van der Waals surface area (Å²) in [5.74, 6) is -1.52. The van der Waals surface area contributed by atoms with Crippen LogP contribution in [0.4, 0.5) is 23.4 Å². The van der Waals surface area contributed by atoms with Crippen molar-refractivity contribution < 1.29 is 31.8 Å². The van der Waals surface area contributed by atoms with Crippen molar-refractivity contribution in [2.24, 2.45) is 10.7 Å². The minimum atomic E-state index is -4.66. The van der Waals surface area contributed by atoms with Crippen molar-refractivity contribution in [2.45, 2.75) is 19.5 Å². The number of alkyl halides is 3. The lowest BCUT2D eigenvalue weighted by Gasteiger charge is -2.11. The Bertz CT molecular complexity index is 1010. The molecule has 0 aliphatic carbocycles. The van der Waals surface area contributed by atoms with Crippen LogP contribution < -0.4 is 5.73 Å². The summed E-state index contributed by atoms with van der Waals surface area (Å²) in [5, 5.41) is 0. The van der Waals surface area contributed by atoms with E-state index in [9.17, 15) is 22.4 Å². The zero-order valence-corrected chi connectivity index (χ0v) is 17.1. The third kappa shape index (κ3) is 6.61. The molecule has 2 aromatic rings. The summed E-state index contributed by atoms with van der Waals surface area (Å²) < 4.78 is 62.3. The summed E-state index contributed by atoms with van der Waals surface area (Å²) in [5.41, 5.74) is 5.76. The molecule has 1 heterocycles. The summed E-state index contributed by atoms with van der Waals surface area (Å²) in [6, 6.07) is 5.44. The molecule has 166 valence electrons. The van der Waals surface area contributed by atoms with Crippen molar-refractivity contribution in [3.05, 3.63) is 70.3 Å². The van der Waals surface area contributed by atoms with Gasteiger partial charge >= 0.3 is 12.1 Å². The minimum absolute atomic E-state index is 0.0150. The molecular weight excluding hydrogens is 418 g/mol. The molecule has 0 radical (unpaired) electrons. The molecule has 0 bridgehead atoms.